The smallest absolute Gasteiger partial charge is 0.744 e. The van der Waals surface area contributed by atoms with E-state index in [0.29, 0.717) is 51.9 Å². The Morgan fingerprint density at radius 2 is 0.811 bits per heavy atom. The molecule has 366 valence electrons. The fourth-order valence-corrected chi connectivity index (χ4v) is 9.30. The minimum Gasteiger partial charge on any atom is -0.744 e. The van der Waals surface area contributed by atoms with Crippen molar-refractivity contribution in [3.05, 3.63) is 232 Å². The molecule has 0 aliphatic heterocycles. The van der Waals surface area contributed by atoms with Crippen molar-refractivity contribution in [3.63, 3.8) is 0 Å². The predicted molar refractivity (Wildman–Crippen MR) is 270 cm³/mol. The Balaban J connectivity index is 0.00000446. The molecule has 12 nitrogen and oxygen atoms in total. The van der Waals surface area contributed by atoms with E-state index >= 15 is 0 Å². The van der Waals surface area contributed by atoms with Gasteiger partial charge in [0, 0.05) is 33.1 Å². The van der Waals surface area contributed by atoms with Crippen LogP contribution in [-0.4, -0.2) is 31.6 Å². The Hall–Kier alpha value is -5.56. The Morgan fingerprint density at radius 1 is 0.473 bits per heavy atom. The van der Waals surface area contributed by atoms with Crippen LogP contribution in [0.25, 0.3) is 0 Å². The van der Waals surface area contributed by atoms with Crippen LogP contribution >= 0.6 is 12.0 Å². The maximum Gasteiger partial charge on any atom is 1.00 e. The van der Waals surface area contributed by atoms with Gasteiger partial charge in [0.05, 0.1) is 28.9 Å². The molecule has 0 saturated heterocycles. The summed E-state index contributed by atoms with van der Waals surface area (Å²) in [7, 11) is -3.15. The molecule has 0 aromatic heterocycles. The van der Waals surface area contributed by atoms with Gasteiger partial charge in [-0.2, -0.15) is 4.33 Å². The van der Waals surface area contributed by atoms with Crippen LogP contribution in [0.15, 0.2) is 192 Å². The van der Waals surface area contributed by atoms with Crippen LogP contribution in [0, 0.1) is 6.92 Å². The van der Waals surface area contributed by atoms with Crippen molar-refractivity contribution in [2.75, 3.05) is 7.11 Å². The van der Waals surface area contributed by atoms with Crippen LogP contribution in [0.5, 0.6) is 40.2 Å². The zero-order chi connectivity index (χ0) is 51.2. The van der Waals surface area contributed by atoms with E-state index in [4.69, 9.17) is 18.9 Å². The van der Waals surface area contributed by atoms with Crippen LogP contribution in [0.3, 0.4) is 0 Å². The second kappa shape index (κ2) is 24.9. The van der Waals surface area contributed by atoms with Crippen LogP contribution in [0.4, 0.5) is 0 Å². The summed E-state index contributed by atoms with van der Waals surface area (Å²) in [6.45, 7) is 10.0. The molecular formula is C58H48Na2O12S2. The van der Waals surface area contributed by atoms with Gasteiger partial charge in [0.1, 0.15) is 50.4 Å². The number of ketones is 2. The van der Waals surface area contributed by atoms with Gasteiger partial charge in [-0.15, -0.1) is 0 Å². The second-order valence-corrected chi connectivity index (χ2v) is 20.0. The largest absolute Gasteiger partial charge is 1.00 e. The molecule has 0 saturated carbocycles. The SMILES string of the molecule is COc1ccc(C(C)(C)c2ccc(Oc3ccc(C(=O)c4ccc(Oc5ccc(C(C)(C)c6ccc(Oc7ccc(C(=O)c8ccc(C)c(S(=O)(=O)[O-])c8)cc7SOO[O-])cc6)cc5)cc4)cc3)cc2)cc1.[Na+].[Na+]. The minimum absolute atomic E-state index is 0. The summed E-state index contributed by atoms with van der Waals surface area (Å²) in [5.74, 6) is 3.31. The molecule has 0 aliphatic carbocycles. The number of aryl methyl sites for hydroxylation is 1. The normalized spacial score (nSPS) is 11.4. The number of ether oxygens (including phenoxy) is 4. The first kappa shape index (κ1) is 57.7. The summed E-state index contributed by atoms with van der Waals surface area (Å²) in [4.78, 5) is 26.5. The molecule has 8 rings (SSSR count). The van der Waals surface area contributed by atoms with Gasteiger partial charge in [0.25, 0.3) is 0 Å². The monoisotopic (exact) mass is 1050 g/mol. The number of carbonyl (C=O) groups is 2. The van der Waals surface area contributed by atoms with Gasteiger partial charge < -0.3 is 28.8 Å². The standard InChI is InChI=1S/C58H50O12S2.2Na/c1-37-7-8-41(36-54(37)72(62,63)64)56(60)40-13-34-52(53(35-40)71-70-69-61)68-51-32-20-45(21-33-51)58(4,5)44-18-30-50(31-19-44)67-48-24-11-39(12-25-48)55(59)38-9-22-47(23-10-38)66-49-28-16-43(17-29-49)57(2,3)42-14-26-46(65-6)27-15-42;;/h7-36,61H,1-6H3,(H,62,63,64);;/q;2*+1/p-2. The molecule has 0 aliphatic rings. The maximum atomic E-state index is 13.4. The Kier molecular flexibility index (Phi) is 19.4. The third-order valence-corrected chi connectivity index (χ3v) is 14.1. The molecule has 8 aromatic carbocycles. The first-order valence-electron chi connectivity index (χ1n) is 22.6. The molecule has 0 amide bonds. The number of hydrogen-bond donors (Lipinski definition) is 0. The quantitative estimate of drug-likeness (QED) is 0.0211. The van der Waals surface area contributed by atoms with Crippen LogP contribution < -0.4 is 83.3 Å². The van der Waals surface area contributed by atoms with E-state index < -0.39 is 26.2 Å². The van der Waals surface area contributed by atoms with Crippen LogP contribution in [-0.2, 0) is 30.3 Å². The van der Waals surface area contributed by atoms with E-state index in [2.05, 4.69) is 61.3 Å². The number of rotatable bonds is 19. The minimum atomic E-state index is -4.81. The molecule has 0 bridgehead atoms. The van der Waals surface area contributed by atoms with Gasteiger partial charge in [-0.05, 0) is 156 Å². The first-order chi connectivity index (χ1) is 34.4. The van der Waals surface area contributed by atoms with Crippen LogP contribution in [0.1, 0.15) is 87.4 Å². The van der Waals surface area contributed by atoms with Crippen molar-refractivity contribution in [2.45, 2.75) is 55.2 Å². The van der Waals surface area contributed by atoms with E-state index in [0.717, 1.165) is 28.5 Å². The van der Waals surface area contributed by atoms with E-state index in [1.807, 2.05) is 60.7 Å². The summed E-state index contributed by atoms with van der Waals surface area (Å²) < 4.78 is 63.5. The molecule has 74 heavy (non-hydrogen) atoms. The summed E-state index contributed by atoms with van der Waals surface area (Å²) in [6, 6.07) is 53.6. The molecule has 0 heterocycles. The summed E-state index contributed by atoms with van der Waals surface area (Å²) in [5, 5.41) is 14.3. The Morgan fingerprint density at radius 3 is 1.20 bits per heavy atom. The number of hydrogen-bond acceptors (Lipinski definition) is 13. The van der Waals surface area contributed by atoms with E-state index in [9.17, 15) is 27.8 Å². The second-order valence-electron chi connectivity index (χ2n) is 17.9. The predicted octanol–water partition coefficient (Wildman–Crippen LogP) is 6.64. The molecule has 0 unspecified atom stereocenters. The number of carbonyl (C=O) groups excluding carboxylic acids is 2. The van der Waals surface area contributed by atoms with Gasteiger partial charge in [-0.1, -0.05) is 88.4 Å². The summed E-state index contributed by atoms with van der Waals surface area (Å²) in [6.07, 6.45) is 0. The first-order valence-corrected chi connectivity index (χ1v) is 24.7. The molecular weight excluding hydrogens is 999 g/mol. The van der Waals surface area contributed by atoms with Crippen molar-refractivity contribution >= 4 is 33.7 Å². The molecule has 0 spiro atoms. The van der Waals surface area contributed by atoms with Crippen molar-refractivity contribution in [1.29, 1.82) is 0 Å². The fraction of sp³-hybridized carbons (Fsp3) is 0.138. The summed E-state index contributed by atoms with van der Waals surface area (Å²) in [5.41, 5.74) is 5.03. The van der Waals surface area contributed by atoms with Gasteiger partial charge in [0.2, 0.25) is 0 Å². The number of methoxy groups -OCH3 is 1. The van der Waals surface area contributed by atoms with Gasteiger partial charge in [-0.3, -0.25) is 14.6 Å². The molecule has 8 aromatic rings. The van der Waals surface area contributed by atoms with Gasteiger partial charge in [0.15, 0.2) is 11.6 Å². The van der Waals surface area contributed by atoms with Gasteiger partial charge >= 0.3 is 59.1 Å². The Labute approximate surface area is 479 Å². The van der Waals surface area contributed by atoms with Crippen molar-refractivity contribution in [3.8, 4) is 40.2 Å². The van der Waals surface area contributed by atoms with E-state index in [1.54, 1.807) is 67.8 Å². The Bertz CT molecular complexity index is 3330. The molecule has 0 atom stereocenters. The fourth-order valence-electron chi connectivity index (χ4n) is 8.10. The third-order valence-electron chi connectivity index (χ3n) is 12.5. The topological polar surface area (TPSA) is 170 Å². The third kappa shape index (κ3) is 13.6. The molecule has 16 heteroatoms. The molecule has 0 fully saturated rings. The average molecular weight is 1050 g/mol. The zero-order valence-electron chi connectivity index (χ0n) is 42.0. The van der Waals surface area contributed by atoms with Crippen molar-refractivity contribution in [2.24, 2.45) is 0 Å². The number of benzene rings is 8. The maximum absolute atomic E-state index is 13.4. The average Bonchev–Trinajstić information content (AvgIpc) is 3.38. The molecule has 0 radical (unpaired) electrons. The van der Waals surface area contributed by atoms with Crippen LogP contribution in [0.2, 0.25) is 0 Å². The van der Waals surface area contributed by atoms with Crippen molar-refractivity contribution in [1.82, 2.24) is 0 Å². The molecule has 0 N–H and O–H groups in total. The van der Waals surface area contributed by atoms with Gasteiger partial charge in [-0.25, -0.2) is 8.42 Å². The van der Waals surface area contributed by atoms with Crippen molar-refractivity contribution < 1.29 is 115 Å². The summed E-state index contributed by atoms with van der Waals surface area (Å²) >= 11 is 0.524. The van der Waals surface area contributed by atoms with E-state index in [-0.39, 0.29) is 97.6 Å². The zero-order valence-corrected chi connectivity index (χ0v) is 47.7. The van der Waals surface area contributed by atoms with E-state index in [1.165, 1.54) is 42.8 Å².